The third-order valence-corrected chi connectivity index (χ3v) is 18.1. The first-order chi connectivity index (χ1) is 47.8. The van der Waals surface area contributed by atoms with Crippen molar-refractivity contribution >= 4 is 104 Å². The molecule has 0 spiro atoms. The molecular weight excluding hydrogens is 1290 g/mol. The smallest absolute Gasteiger partial charge is 0.244 e. The topological polar surface area (TPSA) is 508 Å². The van der Waals surface area contributed by atoms with E-state index in [9.17, 15) is 28.8 Å². The van der Waals surface area contributed by atoms with Gasteiger partial charge in [0, 0.05) is 83.2 Å². The molecular formula is C69H103N19O10S. The fourth-order valence-electron chi connectivity index (χ4n) is 11.6. The van der Waals surface area contributed by atoms with E-state index in [0.29, 0.717) is 107 Å². The van der Waals surface area contributed by atoms with Gasteiger partial charge in [0.2, 0.25) is 59.1 Å². The Morgan fingerprint density at radius 3 is 1.00 bits per heavy atom. The Kier molecular flexibility index (Phi) is 33.7. The number of para-hydroxylation sites is 3. The van der Waals surface area contributed by atoms with Gasteiger partial charge in [-0.3, -0.25) is 47.9 Å². The average Bonchev–Trinajstić information content (AvgIpc) is 1.83. The van der Waals surface area contributed by atoms with E-state index in [2.05, 4.69) is 62.8 Å². The lowest BCUT2D eigenvalue weighted by molar-refractivity contribution is -0.136. The van der Waals surface area contributed by atoms with Crippen LogP contribution in [0, 0.1) is 0 Å². The SMILES string of the molecule is CC(=O)NCSC[C@H](NC(=O)[C@H](Cc1c[nH]c2ccccc12)NC(=O)[C@H](CCCCN)NC(=O)[C@H](CCCCN)NC(=O)[C@H](Cc1c[nH]c2ccccc12)NC(=O)[C@H](Cc1c[nH]c2ccccc12)NC(=O)[C@H](CCCCN)NC(=O)[C@@H](N)CCCCN)C(=O)N[C@@H](CCCCN)C(N)=O. The Bertz CT molecular complexity index is 3600. The Balaban J connectivity index is 1.33. The molecule has 0 unspecified atom stereocenters. The van der Waals surface area contributed by atoms with Gasteiger partial charge in [-0.1, -0.05) is 61.0 Å². The Hall–Kier alpha value is -8.91. The quantitative estimate of drug-likeness (QED) is 0.0181. The van der Waals surface area contributed by atoms with Gasteiger partial charge in [-0.05, 0) is 158 Å². The average molecular weight is 1390 g/mol. The molecule has 0 saturated carbocycles. The van der Waals surface area contributed by atoms with Gasteiger partial charge in [0.1, 0.15) is 48.3 Å². The van der Waals surface area contributed by atoms with E-state index in [0.717, 1.165) is 44.5 Å². The molecule has 3 heterocycles. The first-order valence-corrected chi connectivity index (χ1v) is 35.4. The first-order valence-electron chi connectivity index (χ1n) is 34.2. The highest BCUT2D eigenvalue weighted by Crippen LogP contribution is 2.24. The summed E-state index contributed by atoms with van der Waals surface area (Å²) in [6, 6.07) is 10.7. The van der Waals surface area contributed by atoms with Crippen molar-refractivity contribution in [3.8, 4) is 0 Å². The number of fused-ring (bicyclic) bond motifs is 3. The van der Waals surface area contributed by atoms with Gasteiger partial charge in [0.05, 0.1) is 11.9 Å². The van der Waals surface area contributed by atoms with Gasteiger partial charge >= 0.3 is 0 Å². The molecule has 3 aromatic heterocycles. The van der Waals surface area contributed by atoms with Crippen molar-refractivity contribution in [2.45, 2.75) is 177 Å². The van der Waals surface area contributed by atoms with Crippen LogP contribution in [-0.4, -0.2) is 173 Å². The van der Waals surface area contributed by atoms with Crippen LogP contribution in [0.25, 0.3) is 32.7 Å². The molecule has 0 aliphatic heterocycles. The number of nitrogens with two attached hydrogens (primary N) is 7. The lowest BCUT2D eigenvalue weighted by atomic mass is 10.00. The minimum atomic E-state index is -1.42. The summed E-state index contributed by atoms with van der Waals surface area (Å²) in [7, 11) is 0. The number of benzene rings is 3. The molecule has 6 rings (SSSR count). The largest absolute Gasteiger partial charge is 0.368 e. The molecule has 26 N–H and O–H groups in total. The van der Waals surface area contributed by atoms with Crippen LogP contribution in [0.5, 0.6) is 0 Å². The van der Waals surface area contributed by atoms with Crippen LogP contribution in [-0.2, 0) is 67.2 Å². The number of thioether (sulfide) groups is 1. The molecule has 9 atom stereocenters. The van der Waals surface area contributed by atoms with Crippen molar-refractivity contribution in [3.63, 3.8) is 0 Å². The first kappa shape index (κ1) is 79.1. The van der Waals surface area contributed by atoms with Crippen LogP contribution in [0.15, 0.2) is 91.4 Å². The highest BCUT2D eigenvalue weighted by molar-refractivity contribution is 7.99. The number of aromatic amines is 3. The summed E-state index contributed by atoms with van der Waals surface area (Å²) < 4.78 is 0. The molecule has 0 aliphatic carbocycles. The maximum Gasteiger partial charge on any atom is 0.244 e. The minimum Gasteiger partial charge on any atom is -0.368 e. The van der Waals surface area contributed by atoms with Crippen LogP contribution < -0.4 is 88.0 Å². The molecule has 0 aliphatic rings. The van der Waals surface area contributed by atoms with Gasteiger partial charge in [0.15, 0.2) is 0 Å². The van der Waals surface area contributed by atoms with Crippen molar-refractivity contribution < 1.29 is 47.9 Å². The minimum absolute atomic E-state index is 0.0189. The van der Waals surface area contributed by atoms with Gasteiger partial charge in [-0.15, -0.1) is 11.8 Å². The number of primary amides is 1. The molecule has 99 heavy (non-hydrogen) atoms. The zero-order valence-electron chi connectivity index (χ0n) is 56.6. The molecule has 0 saturated heterocycles. The van der Waals surface area contributed by atoms with Crippen molar-refractivity contribution in [1.82, 2.24) is 62.8 Å². The highest BCUT2D eigenvalue weighted by atomic mass is 32.2. The summed E-state index contributed by atoms with van der Waals surface area (Å²) in [5.41, 5.74) is 45.4. The zero-order valence-corrected chi connectivity index (χ0v) is 57.4. The number of nitrogens with one attached hydrogen (secondary N) is 12. The Labute approximate surface area is 581 Å². The zero-order chi connectivity index (χ0) is 71.6. The van der Waals surface area contributed by atoms with Crippen LogP contribution in [0.2, 0.25) is 0 Å². The fraction of sp³-hybridized carbons (Fsp3) is 0.507. The number of H-pyrrole nitrogens is 3. The van der Waals surface area contributed by atoms with Gasteiger partial charge < -0.3 is 103 Å². The van der Waals surface area contributed by atoms with Crippen molar-refractivity contribution in [2.75, 3.05) is 44.4 Å². The summed E-state index contributed by atoms with van der Waals surface area (Å²) >= 11 is 1.12. The lowest BCUT2D eigenvalue weighted by Gasteiger charge is -2.28. The van der Waals surface area contributed by atoms with E-state index in [1.807, 2.05) is 72.8 Å². The fourth-order valence-corrected chi connectivity index (χ4v) is 12.5. The maximum atomic E-state index is 15.3. The summed E-state index contributed by atoms with van der Waals surface area (Å²) in [6.07, 6.45) is 10.3. The predicted octanol–water partition coefficient (Wildman–Crippen LogP) is 0.321. The van der Waals surface area contributed by atoms with E-state index < -0.39 is 108 Å². The second kappa shape index (κ2) is 42.1. The van der Waals surface area contributed by atoms with Crippen molar-refractivity contribution in [3.05, 3.63) is 108 Å². The molecule has 29 nitrogen and oxygen atoms in total. The van der Waals surface area contributed by atoms with Gasteiger partial charge in [0.25, 0.3) is 0 Å². The molecule has 6 aromatic rings. The van der Waals surface area contributed by atoms with E-state index in [-0.39, 0.29) is 75.6 Å². The number of carbonyl (C=O) groups is 10. The molecule has 540 valence electrons. The molecule has 10 amide bonds. The maximum absolute atomic E-state index is 15.3. The summed E-state index contributed by atoms with van der Waals surface area (Å²) in [4.78, 5) is 152. The number of unbranched alkanes of at least 4 members (excludes halogenated alkanes) is 5. The van der Waals surface area contributed by atoms with Crippen LogP contribution in [0.4, 0.5) is 0 Å². The predicted molar refractivity (Wildman–Crippen MR) is 384 cm³/mol. The third-order valence-electron chi connectivity index (χ3n) is 17.2. The summed E-state index contributed by atoms with van der Waals surface area (Å²) in [6.45, 7) is 2.90. The number of hydrogen-bond acceptors (Lipinski definition) is 17. The number of carbonyl (C=O) groups excluding carboxylic acids is 10. The Morgan fingerprint density at radius 2 is 0.657 bits per heavy atom. The van der Waals surface area contributed by atoms with E-state index in [4.69, 9.17) is 40.1 Å². The number of rotatable bonds is 47. The molecule has 3 aromatic carbocycles. The van der Waals surface area contributed by atoms with Crippen LogP contribution >= 0.6 is 11.8 Å². The number of hydrogen-bond donors (Lipinski definition) is 19. The lowest BCUT2D eigenvalue weighted by Crippen LogP contribution is -2.61. The molecule has 0 radical (unpaired) electrons. The molecule has 0 bridgehead atoms. The van der Waals surface area contributed by atoms with E-state index in [1.54, 1.807) is 18.6 Å². The van der Waals surface area contributed by atoms with Gasteiger partial charge in [-0.25, -0.2) is 0 Å². The normalized spacial score (nSPS) is 14.1. The summed E-state index contributed by atoms with van der Waals surface area (Å²) in [5, 5.41) is 27.6. The highest BCUT2D eigenvalue weighted by Gasteiger charge is 2.36. The van der Waals surface area contributed by atoms with Crippen molar-refractivity contribution in [2.24, 2.45) is 40.1 Å². The standard InChI is InChI=1S/C69H103N19O10S/c1-42(89)80-41-99-40-60(69(98)81-53(61(76)90)25-9-14-30-71)88-68(97)59(36-45-39-79-52-24-7-4-20-48(45)52)86-65(94)56(28-12-17-33-74)83-63(92)55(27-11-16-32-73)84-66(95)57(34-43-37-77-50-22-5-2-18-46(43)50)87-67(96)58(35-44-38-78-51-23-6-3-19-47(44)51)85-64(93)54(26-10-15-31-72)82-62(91)49(75)21-8-13-29-70/h2-7,18-20,22-24,37-39,49,53-60,77-79H,8-17,21,25-36,40-41,70-75H2,1H3,(H2,76,90)(H,80,89)(H,81,98)(H,82,91)(H,83,92)(H,84,95)(H,85,93)(H,86,94)(H,87,96)(H,88,97)/t49-,53-,54-,55-,56-,57-,58-,59-,60-/m0/s1. The monoisotopic (exact) mass is 1390 g/mol. The number of amides is 10. The Morgan fingerprint density at radius 1 is 0.374 bits per heavy atom. The summed E-state index contributed by atoms with van der Waals surface area (Å²) in [5.74, 6) is -7.07. The van der Waals surface area contributed by atoms with E-state index in [1.165, 1.54) is 6.92 Å². The number of aromatic nitrogens is 3. The van der Waals surface area contributed by atoms with Crippen LogP contribution in [0.1, 0.15) is 120 Å². The second-order valence-corrected chi connectivity index (χ2v) is 25.9. The second-order valence-electron chi connectivity index (χ2n) is 24.9. The van der Waals surface area contributed by atoms with Crippen molar-refractivity contribution in [1.29, 1.82) is 0 Å². The van der Waals surface area contributed by atoms with E-state index >= 15 is 19.2 Å². The van der Waals surface area contributed by atoms with Crippen LogP contribution in [0.3, 0.4) is 0 Å². The third kappa shape index (κ3) is 25.4. The van der Waals surface area contributed by atoms with Gasteiger partial charge in [-0.2, -0.15) is 0 Å². The molecule has 0 fully saturated rings. The molecule has 30 heteroatoms.